The van der Waals surface area contributed by atoms with Crippen LogP contribution in [0.1, 0.15) is 6.42 Å². The Labute approximate surface area is 90.4 Å². The van der Waals surface area contributed by atoms with Crippen molar-refractivity contribution in [3.8, 4) is 0 Å². The van der Waals surface area contributed by atoms with Crippen LogP contribution in [0.2, 0.25) is 0 Å². The first-order chi connectivity index (χ1) is 6.68. The van der Waals surface area contributed by atoms with E-state index < -0.39 is 5.97 Å². The molecule has 0 spiro atoms. The Morgan fingerprint density at radius 3 is 3.00 bits per heavy atom. The van der Waals surface area contributed by atoms with Crippen molar-refractivity contribution < 1.29 is 9.90 Å². The zero-order chi connectivity index (χ0) is 10.1. The van der Waals surface area contributed by atoms with Gasteiger partial charge in [-0.25, -0.2) is 4.79 Å². The summed E-state index contributed by atoms with van der Waals surface area (Å²) in [5, 5.41) is 9.03. The van der Waals surface area contributed by atoms with Gasteiger partial charge in [-0.15, -0.1) is 0 Å². The van der Waals surface area contributed by atoms with E-state index in [-0.39, 0.29) is 5.92 Å². The molecule has 0 saturated heterocycles. The first-order valence-corrected chi connectivity index (χ1v) is 5.16. The third-order valence-electron chi connectivity index (χ3n) is 2.42. The van der Waals surface area contributed by atoms with Crippen LogP contribution in [-0.4, -0.2) is 11.1 Å². The lowest BCUT2D eigenvalue weighted by Gasteiger charge is -2.23. The van der Waals surface area contributed by atoms with Crippen LogP contribution in [0.15, 0.2) is 46.0 Å². The maximum Gasteiger partial charge on any atom is 0.332 e. The summed E-state index contributed by atoms with van der Waals surface area (Å²) in [7, 11) is 0. The molecule has 1 atom stereocenters. The summed E-state index contributed by atoms with van der Waals surface area (Å²) in [5.41, 5.74) is 1.54. The average molecular weight is 253 g/mol. The second-order valence-corrected chi connectivity index (χ2v) is 4.23. The second-order valence-electron chi connectivity index (χ2n) is 3.32. The average Bonchev–Trinajstić information content (AvgIpc) is 2.16. The van der Waals surface area contributed by atoms with E-state index in [9.17, 15) is 4.79 Å². The number of carboxylic acid groups (broad SMARTS) is 1. The smallest absolute Gasteiger partial charge is 0.332 e. The first-order valence-electron chi connectivity index (χ1n) is 4.37. The van der Waals surface area contributed by atoms with Crippen molar-refractivity contribution in [2.75, 3.05) is 0 Å². The lowest BCUT2D eigenvalue weighted by Crippen LogP contribution is -2.17. The Kier molecular flexibility index (Phi) is 2.42. The number of halogens is 1. The van der Waals surface area contributed by atoms with Gasteiger partial charge in [0, 0.05) is 16.0 Å². The molecule has 2 nitrogen and oxygen atoms in total. The van der Waals surface area contributed by atoms with E-state index in [0.29, 0.717) is 5.57 Å². The summed E-state index contributed by atoms with van der Waals surface area (Å²) in [6.45, 7) is 0. The van der Waals surface area contributed by atoms with Crippen molar-refractivity contribution in [3.63, 3.8) is 0 Å². The molecule has 0 aromatic heterocycles. The Morgan fingerprint density at radius 1 is 1.50 bits per heavy atom. The third kappa shape index (κ3) is 1.60. The van der Waals surface area contributed by atoms with E-state index in [0.717, 1.165) is 16.5 Å². The molecule has 1 unspecified atom stereocenters. The highest BCUT2D eigenvalue weighted by molar-refractivity contribution is 9.11. The molecular formula is C11H9BrO2. The molecule has 3 heteroatoms. The van der Waals surface area contributed by atoms with Crippen molar-refractivity contribution in [3.05, 3.63) is 46.0 Å². The van der Waals surface area contributed by atoms with Gasteiger partial charge in [0.05, 0.1) is 0 Å². The van der Waals surface area contributed by atoms with Gasteiger partial charge in [0.2, 0.25) is 0 Å². The topological polar surface area (TPSA) is 37.3 Å². The molecule has 2 rings (SSSR count). The molecule has 72 valence electrons. The summed E-state index contributed by atoms with van der Waals surface area (Å²) in [4.78, 5) is 11.0. The minimum absolute atomic E-state index is 0.0267. The highest BCUT2D eigenvalue weighted by atomic mass is 79.9. The number of fused-ring (bicyclic) bond motifs is 1. The zero-order valence-corrected chi connectivity index (χ0v) is 8.99. The van der Waals surface area contributed by atoms with E-state index >= 15 is 0 Å². The normalized spacial score (nSPS) is 24.6. The van der Waals surface area contributed by atoms with Gasteiger partial charge in [0.15, 0.2) is 0 Å². The number of hydrogen-bond acceptors (Lipinski definition) is 1. The molecule has 0 bridgehead atoms. The third-order valence-corrected chi connectivity index (χ3v) is 2.88. The summed E-state index contributed by atoms with van der Waals surface area (Å²) < 4.78 is 0.827. The van der Waals surface area contributed by atoms with Crippen molar-refractivity contribution in [2.24, 2.45) is 5.92 Å². The van der Waals surface area contributed by atoms with E-state index in [4.69, 9.17) is 5.11 Å². The van der Waals surface area contributed by atoms with Gasteiger partial charge in [-0.2, -0.15) is 0 Å². The molecular weight excluding hydrogens is 244 g/mol. The number of hydrogen-bond donors (Lipinski definition) is 1. The number of aliphatic carboxylic acids is 1. The lowest BCUT2D eigenvalue weighted by molar-refractivity contribution is -0.133. The van der Waals surface area contributed by atoms with Crippen LogP contribution in [0.5, 0.6) is 0 Å². The highest BCUT2D eigenvalue weighted by Gasteiger charge is 2.26. The molecule has 2 aliphatic carbocycles. The number of carbonyl (C=O) groups is 1. The van der Waals surface area contributed by atoms with Crippen LogP contribution in [0, 0.1) is 5.92 Å². The van der Waals surface area contributed by atoms with Crippen molar-refractivity contribution in [2.45, 2.75) is 6.42 Å². The monoisotopic (exact) mass is 252 g/mol. The van der Waals surface area contributed by atoms with Crippen LogP contribution in [0.4, 0.5) is 0 Å². The fraction of sp³-hybridized carbons (Fsp3) is 0.182. The van der Waals surface area contributed by atoms with Crippen LogP contribution in [-0.2, 0) is 4.79 Å². The van der Waals surface area contributed by atoms with Crippen LogP contribution >= 0.6 is 15.9 Å². The fourth-order valence-corrected chi connectivity index (χ4v) is 2.27. The minimum Gasteiger partial charge on any atom is -0.478 e. The fourth-order valence-electron chi connectivity index (χ4n) is 1.76. The van der Waals surface area contributed by atoms with E-state index in [1.54, 1.807) is 6.08 Å². The molecule has 0 aliphatic heterocycles. The van der Waals surface area contributed by atoms with E-state index in [1.165, 1.54) is 0 Å². The molecule has 1 N–H and O–H groups in total. The van der Waals surface area contributed by atoms with Crippen LogP contribution < -0.4 is 0 Å². The van der Waals surface area contributed by atoms with E-state index in [2.05, 4.69) is 15.9 Å². The Bertz CT molecular complexity index is 400. The van der Waals surface area contributed by atoms with Crippen LogP contribution in [0.25, 0.3) is 0 Å². The van der Waals surface area contributed by atoms with E-state index in [1.807, 2.05) is 24.3 Å². The molecule has 0 saturated carbocycles. The predicted octanol–water partition coefficient (Wildman–Crippen LogP) is 2.79. The molecule has 0 fully saturated rings. The van der Waals surface area contributed by atoms with Gasteiger partial charge < -0.3 is 5.11 Å². The van der Waals surface area contributed by atoms with Gasteiger partial charge >= 0.3 is 5.97 Å². The summed E-state index contributed by atoms with van der Waals surface area (Å²) in [5.74, 6) is -0.806. The molecule has 0 aromatic carbocycles. The van der Waals surface area contributed by atoms with Crippen molar-refractivity contribution >= 4 is 21.9 Å². The molecule has 14 heavy (non-hydrogen) atoms. The van der Waals surface area contributed by atoms with Crippen molar-refractivity contribution in [1.29, 1.82) is 0 Å². The molecule has 0 aromatic rings. The van der Waals surface area contributed by atoms with Gasteiger partial charge in [0.1, 0.15) is 0 Å². The van der Waals surface area contributed by atoms with Gasteiger partial charge in [-0.05, 0) is 24.1 Å². The summed E-state index contributed by atoms with van der Waals surface area (Å²) >= 11 is 3.32. The lowest BCUT2D eigenvalue weighted by atomic mass is 9.82. The maximum atomic E-state index is 11.0. The SMILES string of the molecule is O=C(O)C1=CC(Br)=CC2=CC=CCC21. The summed E-state index contributed by atoms with van der Waals surface area (Å²) in [6.07, 6.45) is 10.4. The second kappa shape index (κ2) is 3.58. The molecule has 2 aliphatic rings. The minimum atomic E-state index is -0.832. The zero-order valence-electron chi connectivity index (χ0n) is 7.40. The Hall–Kier alpha value is -1.09. The molecule has 0 heterocycles. The Morgan fingerprint density at radius 2 is 2.29 bits per heavy atom. The van der Waals surface area contributed by atoms with Crippen molar-refractivity contribution in [1.82, 2.24) is 0 Å². The maximum absolute atomic E-state index is 11.0. The summed E-state index contributed by atoms with van der Waals surface area (Å²) in [6, 6.07) is 0. The quantitative estimate of drug-likeness (QED) is 0.780. The number of rotatable bonds is 1. The van der Waals surface area contributed by atoms with Gasteiger partial charge in [0.25, 0.3) is 0 Å². The predicted molar refractivity (Wildman–Crippen MR) is 58.1 cm³/mol. The van der Waals surface area contributed by atoms with Gasteiger partial charge in [-0.3, -0.25) is 0 Å². The highest BCUT2D eigenvalue weighted by Crippen LogP contribution is 2.35. The van der Waals surface area contributed by atoms with Gasteiger partial charge in [-0.1, -0.05) is 34.2 Å². The Balaban J connectivity index is 2.44. The largest absolute Gasteiger partial charge is 0.478 e. The molecule has 0 radical (unpaired) electrons. The van der Waals surface area contributed by atoms with Crippen LogP contribution in [0.3, 0.4) is 0 Å². The standard InChI is InChI=1S/C11H9BrO2/c12-8-5-7-3-1-2-4-9(7)10(6-8)11(13)14/h1-3,5-6,9H,4H2,(H,13,14). The molecule has 0 amide bonds. The first kappa shape index (κ1) is 9.46. The number of allylic oxidation sites excluding steroid dienone is 7. The number of carboxylic acids is 1.